The van der Waals surface area contributed by atoms with Gasteiger partial charge in [0.2, 0.25) is 5.91 Å². The summed E-state index contributed by atoms with van der Waals surface area (Å²) in [5.74, 6) is 0.0395. The molecule has 0 bridgehead atoms. The maximum atomic E-state index is 13.0. The van der Waals surface area contributed by atoms with E-state index in [0.717, 1.165) is 41.5 Å². The van der Waals surface area contributed by atoms with Gasteiger partial charge in [-0.05, 0) is 74.4 Å². The zero-order chi connectivity index (χ0) is 23.6. The standard InChI is InChI=1S/C27H30N2O3S/c1-19-17-20(2)25(21(3)18-19)33(31,32)29-24-11-9-23(10-12-24)27(14-15-27)26(30)28-16-13-22-7-5-4-6-8-22/h4-12,17-18,29H,13-16H2,1-3H3,(H,28,30). The average Bonchev–Trinajstić information content (AvgIpc) is 3.56. The molecule has 0 saturated heterocycles. The number of rotatable bonds is 8. The molecule has 1 aliphatic carbocycles. The van der Waals surface area contributed by atoms with Crippen LogP contribution in [-0.4, -0.2) is 20.9 Å². The third-order valence-corrected chi connectivity index (χ3v) is 7.98. The highest BCUT2D eigenvalue weighted by Gasteiger charge is 2.51. The van der Waals surface area contributed by atoms with Gasteiger partial charge in [0.1, 0.15) is 0 Å². The molecule has 0 radical (unpaired) electrons. The molecule has 4 rings (SSSR count). The minimum absolute atomic E-state index is 0.0395. The van der Waals surface area contributed by atoms with Crippen LogP contribution in [0.5, 0.6) is 0 Å². The van der Waals surface area contributed by atoms with Gasteiger partial charge in [0.15, 0.2) is 0 Å². The number of hydrogen-bond acceptors (Lipinski definition) is 3. The second-order valence-electron chi connectivity index (χ2n) is 8.98. The Kier molecular flexibility index (Phi) is 6.30. The predicted octanol–water partition coefficient (Wildman–Crippen LogP) is 4.80. The van der Waals surface area contributed by atoms with E-state index in [0.29, 0.717) is 17.1 Å². The van der Waals surface area contributed by atoms with Crippen molar-refractivity contribution in [1.29, 1.82) is 0 Å². The van der Waals surface area contributed by atoms with E-state index in [-0.39, 0.29) is 5.91 Å². The molecule has 172 valence electrons. The van der Waals surface area contributed by atoms with Crippen LogP contribution in [0.3, 0.4) is 0 Å². The lowest BCUT2D eigenvalue weighted by Crippen LogP contribution is -2.35. The highest BCUT2D eigenvalue weighted by molar-refractivity contribution is 7.92. The van der Waals surface area contributed by atoms with E-state index in [9.17, 15) is 13.2 Å². The Bertz CT molecular complexity index is 1240. The highest BCUT2D eigenvalue weighted by Crippen LogP contribution is 2.48. The van der Waals surface area contributed by atoms with Crippen LogP contribution in [0.15, 0.2) is 71.6 Å². The Morgan fingerprint density at radius 2 is 1.52 bits per heavy atom. The normalized spacial score (nSPS) is 14.5. The molecule has 0 atom stereocenters. The maximum Gasteiger partial charge on any atom is 0.262 e. The third-order valence-electron chi connectivity index (χ3n) is 6.29. The summed E-state index contributed by atoms with van der Waals surface area (Å²) in [5.41, 5.74) is 4.58. The number of benzene rings is 3. The number of sulfonamides is 1. The van der Waals surface area contributed by atoms with Gasteiger partial charge in [0, 0.05) is 12.2 Å². The molecule has 6 heteroatoms. The Morgan fingerprint density at radius 1 is 0.909 bits per heavy atom. The second kappa shape index (κ2) is 9.02. The smallest absolute Gasteiger partial charge is 0.262 e. The van der Waals surface area contributed by atoms with Gasteiger partial charge >= 0.3 is 0 Å². The van der Waals surface area contributed by atoms with E-state index in [1.807, 2.05) is 63.2 Å². The number of hydrogen-bond donors (Lipinski definition) is 2. The molecule has 1 amide bonds. The molecule has 3 aromatic carbocycles. The molecule has 0 unspecified atom stereocenters. The number of carbonyl (C=O) groups excluding carboxylic acids is 1. The zero-order valence-corrected chi connectivity index (χ0v) is 20.1. The molecule has 1 fully saturated rings. The van der Waals surface area contributed by atoms with Crippen molar-refractivity contribution >= 4 is 21.6 Å². The van der Waals surface area contributed by atoms with Crippen LogP contribution < -0.4 is 10.0 Å². The molecule has 0 heterocycles. The first kappa shape index (κ1) is 23.1. The maximum absolute atomic E-state index is 13.0. The summed E-state index contributed by atoms with van der Waals surface area (Å²) in [6.45, 7) is 6.17. The van der Waals surface area contributed by atoms with E-state index in [4.69, 9.17) is 0 Å². The molecule has 33 heavy (non-hydrogen) atoms. The molecule has 2 N–H and O–H groups in total. The van der Waals surface area contributed by atoms with Crippen LogP contribution in [-0.2, 0) is 26.7 Å². The van der Waals surface area contributed by atoms with Crippen molar-refractivity contribution in [1.82, 2.24) is 5.32 Å². The summed E-state index contributed by atoms with van der Waals surface area (Å²) in [5, 5.41) is 3.07. The second-order valence-corrected chi connectivity index (χ2v) is 10.6. The molecule has 0 aliphatic heterocycles. The molecular formula is C27H30N2O3S. The molecule has 3 aromatic rings. The lowest BCUT2D eigenvalue weighted by atomic mass is 9.94. The Hall–Kier alpha value is -3.12. The van der Waals surface area contributed by atoms with Crippen molar-refractivity contribution < 1.29 is 13.2 Å². The molecule has 0 aromatic heterocycles. The van der Waals surface area contributed by atoms with Gasteiger partial charge in [-0.1, -0.05) is 60.2 Å². The number of aryl methyl sites for hydroxylation is 3. The summed E-state index contributed by atoms with van der Waals surface area (Å²) in [6.07, 6.45) is 2.40. The fraction of sp³-hybridized carbons (Fsp3) is 0.296. The minimum Gasteiger partial charge on any atom is -0.355 e. The quantitative estimate of drug-likeness (QED) is 0.505. The Morgan fingerprint density at radius 3 is 2.09 bits per heavy atom. The molecule has 1 saturated carbocycles. The van der Waals surface area contributed by atoms with E-state index < -0.39 is 15.4 Å². The third kappa shape index (κ3) is 4.96. The van der Waals surface area contributed by atoms with Gasteiger partial charge in [0.05, 0.1) is 10.3 Å². The Balaban J connectivity index is 1.43. The molecule has 5 nitrogen and oxygen atoms in total. The first-order valence-corrected chi connectivity index (χ1v) is 12.7. The van der Waals surface area contributed by atoms with Gasteiger partial charge in [-0.15, -0.1) is 0 Å². The van der Waals surface area contributed by atoms with Crippen LogP contribution in [0, 0.1) is 20.8 Å². The monoisotopic (exact) mass is 462 g/mol. The van der Waals surface area contributed by atoms with Crippen LogP contribution >= 0.6 is 0 Å². The van der Waals surface area contributed by atoms with Crippen LogP contribution in [0.1, 0.15) is 40.7 Å². The predicted molar refractivity (Wildman–Crippen MR) is 132 cm³/mol. The number of carbonyl (C=O) groups is 1. The summed E-state index contributed by atoms with van der Waals surface area (Å²) in [6, 6.07) is 21.0. The zero-order valence-electron chi connectivity index (χ0n) is 19.3. The fourth-order valence-corrected chi connectivity index (χ4v) is 6.07. The van der Waals surface area contributed by atoms with Gasteiger partial charge < -0.3 is 5.32 Å². The lowest BCUT2D eigenvalue weighted by molar-refractivity contribution is -0.123. The van der Waals surface area contributed by atoms with E-state index in [1.54, 1.807) is 12.1 Å². The average molecular weight is 463 g/mol. The van der Waals surface area contributed by atoms with E-state index in [1.165, 1.54) is 5.56 Å². The first-order valence-electron chi connectivity index (χ1n) is 11.2. The van der Waals surface area contributed by atoms with Crippen molar-refractivity contribution in [3.05, 3.63) is 94.5 Å². The molecule has 0 spiro atoms. The van der Waals surface area contributed by atoms with Gasteiger partial charge in [-0.25, -0.2) is 8.42 Å². The highest BCUT2D eigenvalue weighted by atomic mass is 32.2. The van der Waals surface area contributed by atoms with Crippen molar-refractivity contribution in [2.75, 3.05) is 11.3 Å². The molecule has 1 aliphatic rings. The van der Waals surface area contributed by atoms with Gasteiger partial charge in [0.25, 0.3) is 10.0 Å². The first-order chi connectivity index (χ1) is 15.7. The summed E-state index contributed by atoms with van der Waals surface area (Å²) in [7, 11) is -3.71. The van der Waals surface area contributed by atoms with E-state index >= 15 is 0 Å². The van der Waals surface area contributed by atoms with Gasteiger partial charge in [-0.2, -0.15) is 0 Å². The van der Waals surface area contributed by atoms with Crippen molar-refractivity contribution in [3.63, 3.8) is 0 Å². The van der Waals surface area contributed by atoms with Crippen molar-refractivity contribution in [2.24, 2.45) is 0 Å². The number of amides is 1. The largest absolute Gasteiger partial charge is 0.355 e. The molecular weight excluding hydrogens is 432 g/mol. The van der Waals surface area contributed by atoms with Crippen molar-refractivity contribution in [2.45, 2.75) is 50.3 Å². The van der Waals surface area contributed by atoms with Crippen LogP contribution in [0.2, 0.25) is 0 Å². The Labute approximate surface area is 196 Å². The lowest BCUT2D eigenvalue weighted by Gasteiger charge is -2.17. The fourth-order valence-electron chi connectivity index (χ4n) is 4.56. The minimum atomic E-state index is -3.71. The summed E-state index contributed by atoms with van der Waals surface area (Å²) in [4.78, 5) is 13.2. The number of nitrogens with one attached hydrogen (secondary N) is 2. The summed E-state index contributed by atoms with van der Waals surface area (Å²) < 4.78 is 28.7. The van der Waals surface area contributed by atoms with Gasteiger partial charge in [-0.3, -0.25) is 9.52 Å². The number of anilines is 1. The summed E-state index contributed by atoms with van der Waals surface area (Å²) >= 11 is 0. The topological polar surface area (TPSA) is 75.3 Å². The SMILES string of the molecule is Cc1cc(C)c(S(=O)(=O)Nc2ccc(C3(C(=O)NCCc4ccccc4)CC3)cc2)c(C)c1. The van der Waals surface area contributed by atoms with Crippen LogP contribution in [0.25, 0.3) is 0 Å². The van der Waals surface area contributed by atoms with Crippen LogP contribution in [0.4, 0.5) is 5.69 Å². The van der Waals surface area contributed by atoms with E-state index in [2.05, 4.69) is 22.2 Å². The van der Waals surface area contributed by atoms with Crippen molar-refractivity contribution in [3.8, 4) is 0 Å².